The number of alkyl halides is 3. The quantitative estimate of drug-likeness (QED) is 0.929. The summed E-state index contributed by atoms with van der Waals surface area (Å²) in [6.07, 6.45) is -3.30. The Labute approximate surface area is 121 Å². The van der Waals surface area contributed by atoms with Gasteiger partial charge in [-0.2, -0.15) is 13.2 Å². The van der Waals surface area contributed by atoms with E-state index >= 15 is 0 Å². The van der Waals surface area contributed by atoms with Crippen LogP contribution in [-0.2, 0) is 11.3 Å². The maximum Gasteiger partial charge on any atom is 0.415 e. The van der Waals surface area contributed by atoms with Crippen LogP contribution in [0.2, 0.25) is 0 Å². The minimum absolute atomic E-state index is 0.136. The van der Waals surface area contributed by atoms with Gasteiger partial charge in [0.05, 0.1) is 0 Å². The number of hydrogen-bond donors (Lipinski definition) is 1. The second-order valence-corrected chi connectivity index (χ2v) is 5.85. The van der Waals surface area contributed by atoms with Gasteiger partial charge in [-0.15, -0.1) is 0 Å². The lowest BCUT2D eigenvalue weighted by atomic mass is 10.0. The molecule has 1 aliphatic rings. The van der Waals surface area contributed by atoms with Gasteiger partial charge in [-0.1, -0.05) is 29.8 Å². The minimum Gasteiger partial charge on any atom is -0.333 e. The predicted octanol–water partition coefficient (Wildman–Crippen LogP) is 2.77. The molecule has 0 spiro atoms. The topological polar surface area (TPSA) is 46.3 Å². The Morgan fingerprint density at radius 2 is 2.00 bits per heavy atom. The number of carbonyl (C=O) groups is 1. The first kappa shape index (κ1) is 15.8. The van der Waals surface area contributed by atoms with Crippen molar-refractivity contribution in [1.29, 1.82) is 0 Å². The zero-order valence-corrected chi connectivity index (χ0v) is 12.1. The highest BCUT2D eigenvalue weighted by Crippen LogP contribution is 2.35. The number of aryl methyl sites for hydroxylation is 1. The number of halogens is 3. The molecule has 2 N–H and O–H groups in total. The first-order valence-corrected chi connectivity index (χ1v) is 6.85. The van der Waals surface area contributed by atoms with E-state index in [-0.39, 0.29) is 12.6 Å². The maximum absolute atomic E-state index is 13.0. The number of benzene rings is 1. The fraction of sp³-hybridized carbons (Fsp3) is 0.533. The van der Waals surface area contributed by atoms with Crippen LogP contribution in [0.25, 0.3) is 0 Å². The Hall–Kier alpha value is -1.56. The van der Waals surface area contributed by atoms with Gasteiger partial charge >= 0.3 is 6.18 Å². The zero-order chi connectivity index (χ0) is 15.8. The summed E-state index contributed by atoms with van der Waals surface area (Å²) >= 11 is 0. The fourth-order valence-corrected chi connectivity index (χ4v) is 2.18. The first-order valence-electron chi connectivity index (χ1n) is 6.85. The van der Waals surface area contributed by atoms with Gasteiger partial charge in [-0.25, -0.2) is 0 Å². The van der Waals surface area contributed by atoms with E-state index in [9.17, 15) is 18.0 Å². The van der Waals surface area contributed by atoms with Gasteiger partial charge in [0.25, 0.3) is 5.91 Å². The molecule has 0 radical (unpaired) electrons. The molecule has 21 heavy (non-hydrogen) atoms. The number of nitrogens with two attached hydrogens (primary N) is 1. The van der Waals surface area contributed by atoms with E-state index in [4.69, 9.17) is 5.73 Å². The van der Waals surface area contributed by atoms with E-state index in [0.29, 0.717) is 0 Å². The molecule has 6 heteroatoms. The normalized spacial score (nSPS) is 18.2. The Bertz CT molecular complexity index is 536. The average molecular weight is 300 g/mol. The van der Waals surface area contributed by atoms with Crippen molar-refractivity contribution in [3.63, 3.8) is 0 Å². The molecular weight excluding hydrogens is 281 g/mol. The number of rotatable bonds is 4. The Morgan fingerprint density at radius 1 is 1.38 bits per heavy atom. The highest BCUT2D eigenvalue weighted by Gasteiger charge is 2.56. The minimum atomic E-state index is -4.76. The summed E-state index contributed by atoms with van der Waals surface area (Å²) in [5.74, 6) is -1.06. The third-order valence-electron chi connectivity index (χ3n) is 3.72. The molecule has 3 nitrogen and oxygen atoms in total. The predicted molar refractivity (Wildman–Crippen MR) is 73.4 cm³/mol. The van der Waals surface area contributed by atoms with Crippen LogP contribution in [0, 0.1) is 6.92 Å². The molecule has 0 saturated heterocycles. The summed E-state index contributed by atoms with van der Waals surface area (Å²) < 4.78 is 38.9. The number of hydrogen-bond acceptors (Lipinski definition) is 2. The summed E-state index contributed by atoms with van der Waals surface area (Å²) in [7, 11) is 0. The summed E-state index contributed by atoms with van der Waals surface area (Å²) in [4.78, 5) is 13.5. The highest BCUT2D eigenvalue weighted by molar-refractivity contribution is 5.87. The SMILES string of the molecule is Cc1cccc(CN(C(=O)C(C)(N)C(F)(F)F)C2CC2)c1. The summed E-state index contributed by atoms with van der Waals surface area (Å²) in [5.41, 5.74) is 4.24. The number of amides is 1. The summed E-state index contributed by atoms with van der Waals surface area (Å²) in [6, 6.07) is 7.26. The standard InChI is InChI=1S/C15H19F3N2O/c1-10-4-3-5-11(8-10)9-20(12-6-7-12)13(21)14(2,19)15(16,17)18/h3-5,8,12H,6-7,9,19H2,1-2H3. The molecule has 1 atom stereocenters. The molecule has 1 unspecified atom stereocenters. The molecule has 0 bridgehead atoms. The van der Waals surface area contributed by atoms with Crippen LogP contribution >= 0.6 is 0 Å². The number of nitrogens with zero attached hydrogens (tertiary/aromatic N) is 1. The lowest BCUT2D eigenvalue weighted by molar-refractivity contribution is -0.194. The van der Waals surface area contributed by atoms with Crippen LogP contribution < -0.4 is 5.73 Å². The largest absolute Gasteiger partial charge is 0.415 e. The Morgan fingerprint density at radius 3 is 2.48 bits per heavy atom. The van der Waals surface area contributed by atoms with Crippen molar-refractivity contribution in [2.45, 2.75) is 51.0 Å². The van der Waals surface area contributed by atoms with Crippen molar-refractivity contribution in [2.75, 3.05) is 0 Å². The van der Waals surface area contributed by atoms with Crippen molar-refractivity contribution in [3.8, 4) is 0 Å². The van der Waals surface area contributed by atoms with Gasteiger partial charge in [-0.3, -0.25) is 4.79 Å². The first-order chi connectivity index (χ1) is 9.63. The van der Waals surface area contributed by atoms with Gasteiger partial charge in [0.15, 0.2) is 5.54 Å². The highest BCUT2D eigenvalue weighted by atomic mass is 19.4. The second-order valence-electron chi connectivity index (χ2n) is 5.85. The molecule has 1 saturated carbocycles. The third-order valence-corrected chi connectivity index (χ3v) is 3.72. The van der Waals surface area contributed by atoms with Gasteiger partial charge in [0.1, 0.15) is 0 Å². The molecule has 1 amide bonds. The van der Waals surface area contributed by atoms with Gasteiger partial charge in [0.2, 0.25) is 0 Å². The molecule has 1 fully saturated rings. The zero-order valence-electron chi connectivity index (χ0n) is 12.1. The van der Waals surface area contributed by atoms with E-state index < -0.39 is 17.6 Å². The molecule has 1 aliphatic carbocycles. The van der Waals surface area contributed by atoms with Crippen LogP contribution in [-0.4, -0.2) is 28.6 Å². The maximum atomic E-state index is 13.0. The van der Waals surface area contributed by atoms with Crippen LogP contribution in [0.1, 0.15) is 30.9 Å². The molecular formula is C15H19F3N2O. The third kappa shape index (κ3) is 3.37. The van der Waals surface area contributed by atoms with Crippen molar-refractivity contribution in [1.82, 2.24) is 4.90 Å². The van der Waals surface area contributed by atoms with Gasteiger partial charge in [-0.05, 0) is 32.3 Å². The fourth-order valence-electron chi connectivity index (χ4n) is 2.18. The van der Waals surface area contributed by atoms with Crippen molar-refractivity contribution < 1.29 is 18.0 Å². The molecule has 2 rings (SSSR count). The molecule has 0 heterocycles. The van der Waals surface area contributed by atoms with E-state index in [2.05, 4.69) is 0 Å². The van der Waals surface area contributed by atoms with E-state index in [1.807, 2.05) is 25.1 Å². The summed E-state index contributed by atoms with van der Waals surface area (Å²) in [5, 5.41) is 0. The van der Waals surface area contributed by atoms with E-state index in [1.165, 1.54) is 4.90 Å². The number of carbonyl (C=O) groups excluding carboxylic acids is 1. The van der Waals surface area contributed by atoms with Gasteiger partial charge < -0.3 is 10.6 Å². The van der Waals surface area contributed by atoms with E-state index in [1.54, 1.807) is 6.07 Å². The van der Waals surface area contributed by atoms with Crippen LogP contribution in [0.5, 0.6) is 0 Å². The molecule has 1 aromatic rings. The van der Waals surface area contributed by atoms with Crippen molar-refractivity contribution in [2.24, 2.45) is 5.73 Å². The summed E-state index contributed by atoms with van der Waals surface area (Å²) in [6.45, 7) is 2.80. The lowest BCUT2D eigenvalue weighted by Gasteiger charge is -2.33. The molecule has 0 aliphatic heterocycles. The Balaban J connectivity index is 2.22. The average Bonchev–Trinajstić information content (AvgIpc) is 3.18. The van der Waals surface area contributed by atoms with Crippen molar-refractivity contribution in [3.05, 3.63) is 35.4 Å². The Kier molecular flexibility index (Phi) is 4.02. The smallest absolute Gasteiger partial charge is 0.333 e. The molecule has 116 valence electrons. The van der Waals surface area contributed by atoms with Crippen LogP contribution in [0.3, 0.4) is 0 Å². The van der Waals surface area contributed by atoms with Crippen LogP contribution in [0.15, 0.2) is 24.3 Å². The molecule has 1 aromatic carbocycles. The van der Waals surface area contributed by atoms with Gasteiger partial charge in [0, 0.05) is 12.6 Å². The van der Waals surface area contributed by atoms with Crippen molar-refractivity contribution >= 4 is 5.91 Å². The van der Waals surface area contributed by atoms with Crippen LogP contribution in [0.4, 0.5) is 13.2 Å². The monoisotopic (exact) mass is 300 g/mol. The van der Waals surface area contributed by atoms with E-state index in [0.717, 1.165) is 30.9 Å². The second kappa shape index (κ2) is 5.33. The lowest BCUT2D eigenvalue weighted by Crippen LogP contribution is -2.62. The molecule has 0 aromatic heterocycles.